The molecule has 3 aromatic rings. The third-order valence-corrected chi connectivity index (χ3v) is 7.25. The molecule has 1 aromatic heterocycles. The van der Waals surface area contributed by atoms with Gasteiger partial charge in [0.2, 0.25) is 15.9 Å². The van der Waals surface area contributed by atoms with Gasteiger partial charge < -0.3 is 9.88 Å². The number of sulfonamides is 1. The summed E-state index contributed by atoms with van der Waals surface area (Å²) in [5, 5.41) is 0. The molecule has 1 saturated heterocycles. The molecular formula is C23H28N4O3S. The minimum Gasteiger partial charge on any atom is -0.342 e. The van der Waals surface area contributed by atoms with Gasteiger partial charge in [0.05, 0.1) is 15.9 Å². The lowest BCUT2D eigenvalue weighted by Gasteiger charge is -2.35. The van der Waals surface area contributed by atoms with E-state index in [-0.39, 0.29) is 22.6 Å². The molecule has 8 heteroatoms. The predicted octanol–water partition coefficient (Wildman–Crippen LogP) is 3.27. The maximum atomic E-state index is 13.4. The van der Waals surface area contributed by atoms with E-state index in [1.165, 1.54) is 12.1 Å². The van der Waals surface area contributed by atoms with Crippen LogP contribution in [0, 0.1) is 5.92 Å². The Morgan fingerprint density at radius 2 is 1.84 bits per heavy atom. The third-order valence-electron chi connectivity index (χ3n) is 5.80. The molecule has 1 fully saturated rings. The van der Waals surface area contributed by atoms with Gasteiger partial charge in [0, 0.05) is 19.0 Å². The second-order valence-electron chi connectivity index (χ2n) is 8.42. The van der Waals surface area contributed by atoms with Gasteiger partial charge in [-0.15, -0.1) is 0 Å². The lowest BCUT2D eigenvalue weighted by molar-refractivity contribution is -0.135. The van der Waals surface area contributed by atoms with Crippen LogP contribution in [0.3, 0.4) is 0 Å². The van der Waals surface area contributed by atoms with Crippen molar-refractivity contribution in [2.45, 2.75) is 43.5 Å². The topological polar surface area (TPSA) is 95.2 Å². The van der Waals surface area contributed by atoms with Crippen LogP contribution in [-0.4, -0.2) is 48.3 Å². The highest BCUT2D eigenvalue weighted by Gasteiger charge is 2.34. The van der Waals surface area contributed by atoms with Gasteiger partial charge in [-0.05, 0) is 43.0 Å². The molecule has 2 aromatic carbocycles. The summed E-state index contributed by atoms with van der Waals surface area (Å²) in [6, 6.07) is 15.2. The van der Waals surface area contributed by atoms with E-state index in [4.69, 9.17) is 4.98 Å². The molecule has 7 nitrogen and oxygen atoms in total. The van der Waals surface area contributed by atoms with Crippen LogP contribution in [0.1, 0.15) is 38.4 Å². The first kappa shape index (κ1) is 21.5. The number of fused-ring (bicyclic) bond motifs is 1. The van der Waals surface area contributed by atoms with Crippen molar-refractivity contribution in [2.75, 3.05) is 13.1 Å². The molecule has 164 valence electrons. The van der Waals surface area contributed by atoms with Crippen molar-refractivity contribution in [3.05, 3.63) is 60.4 Å². The van der Waals surface area contributed by atoms with Gasteiger partial charge in [-0.1, -0.05) is 44.2 Å². The number of para-hydroxylation sites is 2. The number of benzene rings is 2. The van der Waals surface area contributed by atoms with Gasteiger partial charge in [-0.2, -0.15) is 4.72 Å². The van der Waals surface area contributed by atoms with Crippen molar-refractivity contribution >= 4 is 27.0 Å². The number of nitrogens with zero attached hydrogens (tertiary/aromatic N) is 2. The number of aromatic nitrogens is 2. The molecule has 2 N–H and O–H groups in total. The first-order chi connectivity index (χ1) is 14.8. The lowest BCUT2D eigenvalue weighted by atomic mass is 9.95. The molecule has 4 rings (SSSR count). The molecule has 0 unspecified atom stereocenters. The SMILES string of the molecule is CC(C)[C@@H](NS(=O)(=O)c1ccccc1)C(=O)N1CCC[C@H](c2nc3ccccc3[nH]2)C1. The highest BCUT2D eigenvalue weighted by Crippen LogP contribution is 2.27. The quantitative estimate of drug-likeness (QED) is 0.615. The summed E-state index contributed by atoms with van der Waals surface area (Å²) in [5.41, 5.74) is 1.90. The molecule has 2 atom stereocenters. The first-order valence-electron chi connectivity index (χ1n) is 10.7. The van der Waals surface area contributed by atoms with Crippen molar-refractivity contribution in [1.29, 1.82) is 0 Å². The van der Waals surface area contributed by atoms with Crippen LogP contribution in [0.25, 0.3) is 11.0 Å². The molecule has 1 amide bonds. The average molecular weight is 441 g/mol. The van der Waals surface area contributed by atoms with Crippen LogP contribution >= 0.6 is 0 Å². The molecule has 0 radical (unpaired) electrons. The van der Waals surface area contributed by atoms with Gasteiger partial charge >= 0.3 is 0 Å². The maximum Gasteiger partial charge on any atom is 0.241 e. The van der Waals surface area contributed by atoms with E-state index in [0.29, 0.717) is 13.1 Å². The van der Waals surface area contributed by atoms with E-state index in [1.807, 2.05) is 38.1 Å². The number of H-pyrrole nitrogens is 1. The summed E-state index contributed by atoms with van der Waals surface area (Å²) < 4.78 is 28.3. The maximum absolute atomic E-state index is 13.4. The fourth-order valence-corrected chi connectivity index (χ4v) is 5.43. The fraction of sp³-hybridized carbons (Fsp3) is 0.391. The molecule has 0 saturated carbocycles. The Hall–Kier alpha value is -2.71. The number of hydrogen-bond acceptors (Lipinski definition) is 4. The molecule has 1 aliphatic rings. The normalized spacial score (nSPS) is 18.4. The van der Waals surface area contributed by atoms with Crippen LogP contribution in [0.15, 0.2) is 59.5 Å². The van der Waals surface area contributed by atoms with Crippen molar-refractivity contribution in [2.24, 2.45) is 5.92 Å². The zero-order chi connectivity index (χ0) is 22.0. The molecular weight excluding hydrogens is 412 g/mol. The lowest BCUT2D eigenvalue weighted by Crippen LogP contribution is -2.53. The number of amides is 1. The second kappa shape index (κ2) is 8.80. The number of likely N-dealkylation sites (tertiary alicyclic amines) is 1. The predicted molar refractivity (Wildman–Crippen MR) is 120 cm³/mol. The van der Waals surface area contributed by atoms with Gasteiger partial charge in [0.1, 0.15) is 11.9 Å². The summed E-state index contributed by atoms with van der Waals surface area (Å²) in [5.74, 6) is 0.612. The summed E-state index contributed by atoms with van der Waals surface area (Å²) in [6.45, 7) is 4.86. The molecule has 0 spiro atoms. The van der Waals surface area contributed by atoms with E-state index in [9.17, 15) is 13.2 Å². The van der Waals surface area contributed by atoms with Crippen molar-refractivity contribution in [3.8, 4) is 0 Å². The Bertz CT molecular complexity index is 1120. The molecule has 2 heterocycles. The number of aromatic amines is 1. The summed E-state index contributed by atoms with van der Waals surface area (Å²) in [6.07, 6.45) is 1.79. The van der Waals surface area contributed by atoms with Gasteiger partial charge in [0.25, 0.3) is 0 Å². The molecule has 0 bridgehead atoms. The number of nitrogens with one attached hydrogen (secondary N) is 2. The van der Waals surface area contributed by atoms with Crippen molar-refractivity contribution in [3.63, 3.8) is 0 Å². The number of carbonyl (C=O) groups is 1. The molecule has 1 aliphatic heterocycles. The average Bonchev–Trinajstić information content (AvgIpc) is 3.22. The largest absolute Gasteiger partial charge is 0.342 e. The monoisotopic (exact) mass is 440 g/mol. The zero-order valence-electron chi connectivity index (χ0n) is 17.8. The Morgan fingerprint density at radius 1 is 1.13 bits per heavy atom. The van der Waals surface area contributed by atoms with E-state index in [0.717, 1.165) is 29.7 Å². The summed E-state index contributed by atoms with van der Waals surface area (Å²) in [4.78, 5) is 23.4. The standard InChI is InChI=1S/C23H28N4O3S/c1-16(2)21(26-31(29,30)18-10-4-3-5-11-18)23(28)27-14-8-9-17(15-27)22-24-19-12-6-7-13-20(19)25-22/h3-7,10-13,16-17,21,26H,8-9,14-15H2,1-2H3,(H,24,25)/t17-,21+/m0/s1. The van der Waals surface area contributed by atoms with Crippen LogP contribution in [-0.2, 0) is 14.8 Å². The summed E-state index contributed by atoms with van der Waals surface area (Å²) >= 11 is 0. The summed E-state index contributed by atoms with van der Waals surface area (Å²) in [7, 11) is -3.79. The minimum absolute atomic E-state index is 0.101. The van der Waals surface area contributed by atoms with E-state index < -0.39 is 16.1 Å². The molecule has 0 aliphatic carbocycles. The van der Waals surface area contributed by atoms with Gasteiger partial charge in [-0.3, -0.25) is 4.79 Å². The number of carbonyl (C=O) groups excluding carboxylic acids is 1. The van der Waals surface area contributed by atoms with Crippen LogP contribution in [0.2, 0.25) is 0 Å². The Balaban J connectivity index is 1.52. The van der Waals surface area contributed by atoms with Crippen LogP contribution < -0.4 is 4.72 Å². The number of rotatable bonds is 6. The van der Waals surface area contributed by atoms with Crippen molar-refractivity contribution < 1.29 is 13.2 Å². The Kier molecular flexibility index (Phi) is 6.11. The fourth-order valence-electron chi connectivity index (χ4n) is 4.07. The van der Waals surface area contributed by atoms with Gasteiger partial charge in [-0.25, -0.2) is 13.4 Å². The third kappa shape index (κ3) is 4.65. The highest BCUT2D eigenvalue weighted by atomic mass is 32.2. The van der Waals surface area contributed by atoms with Crippen LogP contribution in [0.5, 0.6) is 0 Å². The van der Waals surface area contributed by atoms with Gasteiger partial charge in [0.15, 0.2) is 0 Å². The van der Waals surface area contributed by atoms with E-state index in [2.05, 4.69) is 9.71 Å². The van der Waals surface area contributed by atoms with E-state index in [1.54, 1.807) is 23.1 Å². The number of hydrogen-bond donors (Lipinski definition) is 2. The Morgan fingerprint density at radius 3 is 2.55 bits per heavy atom. The number of imidazole rings is 1. The minimum atomic E-state index is -3.79. The van der Waals surface area contributed by atoms with Crippen molar-refractivity contribution in [1.82, 2.24) is 19.6 Å². The highest BCUT2D eigenvalue weighted by molar-refractivity contribution is 7.89. The number of piperidine rings is 1. The smallest absolute Gasteiger partial charge is 0.241 e. The first-order valence-corrected chi connectivity index (χ1v) is 12.1. The second-order valence-corrected chi connectivity index (χ2v) is 10.1. The van der Waals surface area contributed by atoms with Crippen LogP contribution in [0.4, 0.5) is 0 Å². The van der Waals surface area contributed by atoms with E-state index >= 15 is 0 Å². The Labute approximate surface area is 182 Å². The molecule has 31 heavy (non-hydrogen) atoms. The zero-order valence-corrected chi connectivity index (χ0v) is 18.6.